The number of nitrogens with two attached hydrogens (primary N) is 1. The summed E-state index contributed by atoms with van der Waals surface area (Å²) < 4.78 is 2.06. The number of nitrogens with zero attached hydrogens (tertiary/aromatic N) is 2. The highest BCUT2D eigenvalue weighted by molar-refractivity contribution is 7.15. The quantitative estimate of drug-likeness (QED) is 0.780. The molecule has 3 rings (SSSR count). The second kappa shape index (κ2) is 4.92. The molecule has 2 heterocycles. The fourth-order valence-corrected chi connectivity index (χ4v) is 2.79. The molecule has 0 aliphatic rings. The van der Waals surface area contributed by atoms with Gasteiger partial charge in [-0.25, -0.2) is 4.98 Å². The highest BCUT2D eigenvalue weighted by Gasteiger charge is 2.08. The molecule has 0 saturated heterocycles. The first-order valence-corrected chi connectivity index (χ1v) is 6.92. The Balaban J connectivity index is 1.66. The van der Waals surface area contributed by atoms with Crippen molar-refractivity contribution in [3.05, 3.63) is 59.4 Å². The van der Waals surface area contributed by atoms with Gasteiger partial charge in [0.15, 0.2) is 4.96 Å². The summed E-state index contributed by atoms with van der Waals surface area (Å²) >= 11 is 1.66. The molecular formula is C14H15N3S. The molecule has 2 N–H and O–H groups in total. The third-order valence-corrected chi connectivity index (χ3v) is 3.85. The number of hydrogen-bond acceptors (Lipinski definition) is 3. The highest BCUT2D eigenvalue weighted by atomic mass is 32.1. The van der Waals surface area contributed by atoms with E-state index in [4.69, 9.17) is 5.73 Å². The Labute approximate surface area is 110 Å². The number of rotatable bonds is 4. The van der Waals surface area contributed by atoms with Crippen molar-refractivity contribution in [1.29, 1.82) is 0 Å². The number of thiazole rings is 1. The number of imidazole rings is 1. The van der Waals surface area contributed by atoms with Gasteiger partial charge in [0.05, 0.1) is 5.69 Å². The van der Waals surface area contributed by atoms with E-state index in [0.717, 1.165) is 23.5 Å². The van der Waals surface area contributed by atoms with Crippen molar-refractivity contribution in [1.82, 2.24) is 9.38 Å². The Hall–Kier alpha value is -1.65. The molecular weight excluding hydrogens is 242 g/mol. The molecule has 0 radical (unpaired) electrons. The van der Waals surface area contributed by atoms with Crippen molar-refractivity contribution >= 4 is 16.3 Å². The normalized spacial score (nSPS) is 12.9. The van der Waals surface area contributed by atoms with Crippen LogP contribution in [0.5, 0.6) is 0 Å². The predicted octanol–water partition coefficient (Wildman–Crippen LogP) is 3.03. The molecule has 1 aromatic carbocycles. The van der Waals surface area contributed by atoms with Crippen LogP contribution in [0.4, 0.5) is 0 Å². The fourth-order valence-electron chi connectivity index (χ4n) is 2.07. The maximum Gasteiger partial charge on any atom is 0.193 e. The van der Waals surface area contributed by atoms with E-state index in [2.05, 4.69) is 27.7 Å². The van der Waals surface area contributed by atoms with Gasteiger partial charge in [-0.3, -0.25) is 4.40 Å². The minimum Gasteiger partial charge on any atom is -0.324 e. The van der Waals surface area contributed by atoms with Crippen LogP contribution >= 0.6 is 11.3 Å². The zero-order chi connectivity index (χ0) is 12.4. The summed E-state index contributed by atoms with van der Waals surface area (Å²) in [6, 6.07) is 10.3. The third kappa shape index (κ3) is 2.30. The highest BCUT2D eigenvalue weighted by Crippen LogP contribution is 2.17. The van der Waals surface area contributed by atoms with Gasteiger partial charge in [-0.15, -0.1) is 11.3 Å². The summed E-state index contributed by atoms with van der Waals surface area (Å²) in [5.41, 5.74) is 8.49. The van der Waals surface area contributed by atoms with Crippen molar-refractivity contribution in [2.45, 2.75) is 18.9 Å². The number of aryl methyl sites for hydroxylation is 1. The summed E-state index contributed by atoms with van der Waals surface area (Å²) in [5, 5.41) is 2.04. The van der Waals surface area contributed by atoms with Crippen LogP contribution in [-0.4, -0.2) is 9.38 Å². The van der Waals surface area contributed by atoms with Crippen molar-refractivity contribution in [2.24, 2.45) is 5.73 Å². The lowest BCUT2D eigenvalue weighted by atomic mass is 10.0. The predicted molar refractivity (Wildman–Crippen MR) is 74.8 cm³/mol. The van der Waals surface area contributed by atoms with Crippen LogP contribution in [0.3, 0.4) is 0 Å². The van der Waals surface area contributed by atoms with Gasteiger partial charge in [0.25, 0.3) is 0 Å². The Kier molecular flexibility index (Phi) is 3.13. The monoisotopic (exact) mass is 257 g/mol. The van der Waals surface area contributed by atoms with E-state index in [1.54, 1.807) is 11.3 Å². The molecule has 1 unspecified atom stereocenters. The van der Waals surface area contributed by atoms with E-state index in [1.165, 1.54) is 5.56 Å². The minimum absolute atomic E-state index is 0.0888. The number of aromatic nitrogens is 2. The maximum atomic E-state index is 6.18. The van der Waals surface area contributed by atoms with E-state index in [0.29, 0.717) is 0 Å². The summed E-state index contributed by atoms with van der Waals surface area (Å²) in [4.78, 5) is 5.62. The molecule has 0 bridgehead atoms. The molecule has 0 fully saturated rings. The SMILES string of the molecule is NC(CCc1cn2ccsc2n1)c1ccccc1. The van der Waals surface area contributed by atoms with Crippen LogP contribution in [0, 0.1) is 0 Å². The van der Waals surface area contributed by atoms with Crippen LogP contribution in [0.25, 0.3) is 4.96 Å². The summed E-state index contributed by atoms with van der Waals surface area (Å²) in [6.07, 6.45) is 5.97. The smallest absolute Gasteiger partial charge is 0.193 e. The Bertz CT molecular complexity index is 598. The first kappa shape index (κ1) is 11.4. The first-order chi connectivity index (χ1) is 8.83. The molecule has 4 heteroatoms. The van der Waals surface area contributed by atoms with Gasteiger partial charge >= 0.3 is 0 Å². The lowest BCUT2D eigenvalue weighted by molar-refractivity contribution is 0.646. The van der Waals surface area contributed by atoms with Gasteiger partial charge in [0.1, 0.15) is 0 Å². The molecule has 92 valence electrons. The van der Waals surface area contributed by atoms with Gasteiger partial charge in [-0.1, -0.05) is 30.3 Å². The summed E-state index contributed by atoms with van der Waals surface area (Å²) in [6.45, 7) is 0. The second-order valence-electron chi connectivity index (χ2n) is 4.38. The molecule has 3 nitrogen and oxygen atoms in total. The zero-order valence-corrected chi connectivity index (χ0v) is 10.8. The van der Waals surface area contributed by atoms with Gasteiger partial charge in [-0.2, -0.15) is 0 Å². The molecule has 0 spiro atoms. The van der Waals surface area contributed by atoms with E-state index >= 15 is 0 Å². The van der Waals surface area contributed by atoms with E-state index in [1.807, 2.05) is 29.8 Å². The summed E-state index contributed by atoms with van der Waals surface area (Å²) in [7, 11) is 0. The van der Waals surface area contributed by atoms with Crippen molar-refractivity contribution in [2.75, 3.05) is 0 Å². The fraction of sp³-hybridized carbons (Fsp3) is 0.214. The van der Waals surface area contributed by atoms with Crippen LogP contribution in [0.2, 0.25) is 0 Å². The third-order valence-electron chi connectivity index (χ3n) is 3.08. The standard InChI is InChI=1S/C14H15N3S/c15-13(11-4-2-1-3-5-11)7-6-12-10-17-8-9-18-14(17)16-12/h1-5,8-10,13H,6-7,15H2. The Morgan fingerprint density at radius 1 is 1.28 bits per heavy atom. The molecule has 1 atom stereocenters. The first-order valence-electron chi connectivity index (χ1n) is 6.04. The van der Waals surface area contributed by atoms with Gasteiger partial charge in [0, 0.05) is 23.8 Å². The molecule has 0 amide bonds. The Morgan fingerprint density at radius 3 is 2.89 bits per heavy atom. The lowest BCUT2D eigenvalue weighted by Crippen LogP contribution is -2.11. The number of benzene rings is 1. The minimum atomic E-state index is 0.0888. The van der Waals surface area contributed by atoms with Crippen molar-refractivity contribution in [3.63, 3.8) is 0 Å². The number of fused-ring (bicyclic) bond motifs is 1. The average molecular weight is 257 g/mol. The van der Waals surface area contributed by atoms with Crippen LogP contribution in [0.1, 0.15) is 23.7 Å². The zero-order valence-electron chi connectivity index (χ0n) is 9.99. The molecule has 0 saturated carbocycles. The lowest BCUT2D eigenvalue weighted by Gasteiger charge is -2.10. The molecule has 0 aliphatic carbocycles. The van der Waals surface area contributed by atoms with Crippen LogP contribution in [0.15, 0.2) is 48.1 Å². The Morgan fingerprint density at radius 2 is 2.11 bits per heavy atom. The second-order valence-corrected chi connectivity index (χ2v) is 5.25. The van der Waals surface area contributed by atoms with Crippen LogP contribution < -0.4 is 5.73 Å². The molecule has 3 aromatic rings. The van der Waals surface area contributed by atoms with Gasteiger partial charge in [-0.05, 0) is 18.4 Å². The molecule has 18 heavy (non-hydrogen) atoms. The maximum absolute atomic E-state index is 6.18. The van der Waals surface area contributed by atoms with Gasteiger partial charge in [0.2, 0.25) is 0 Å². The summed E-state index contributed by atoms with van der Waals surface area (Å²) in [5.74, 6) is 0. The van der Waals surface area contributed by atoms with E-state index < -0.39 is 0 Å². The average Bonchev–Trinajstić information content (AvgIpc) is 2.97. The number of hydrogen-bond donors (Lipinski definition) is 1. The van der Waals surface area contributed by atoms with E-state index in [-0.39, 0.29) is 6.04 Å². The topological polar surface area (TPSA) is 43.3 Å². The van der Waals surface area contributed by atoms with Crippen molar-refractivity contribution < 1.29 is 0 Å². The van der Waals surface area contributed by atoms with Crippen molar-refractivity contribution in [3.8, 4) is 0 Å². The van der Waals surface area contributed by atoms with Crippen LogP contribution in [-0.2, 0) is 6.42 Å². The van der Waals surface area contributed by atoms with Gasteiger partial charge < -0.3 is 5.73 Å². The van der Waals surface area contributed by atoms with E-state index in [9.17, 15) is 0 Å². The molecule has 0 aliphatic heterocycles. The molecule has 2 aromatic heterocycles. The largest absolute Gasteiger partial charge is 0.324 e.